The van der Waals surface area contributed by atoms with E-state index in [1.807, 2.05) is 6.92 Å². The molecule has 0 fully saturated rings. The summed E-state index contributed by atoms with van der Waals surface area (Å²) in [5, 5.41) is 0.330. The van der Waals surface area contributed by atoms with Gasteiger partial charge in [-0.1, -0.05) is 18.5 Å². The Balaban J connectivity index is 1.90. The molecule has 0 radical (unpaired) electrons. The average Bonchev–Trinajstić information content (AvgIpc) is 3.14. The Bertz CT molecular complexity index is 912. The van der Waals surface area contributed by atoms with Gasteiger partial charge in [-0.2, -0.15) is 0 Å². The smallest absolute Gasteiger partial charge is 0.337 e. The van der Waals surface area contributed by atoms with E-state index in [0.717, 1.165) is 17.7 Å². The number of benzene rings is 2. The minimum Gasteiger partial charge on any atom is -0.493 e. The molecule has 28 heavy (non-hydrogen) atoms. The number of anilines is 1. The van der Waals surface area contributed by atoms with Gasteiger partial charge >= 0.3 is 5.97 Å². The summed E-state index contributed by atoms with van der Waals surface area (Å²) < 4.78 is 15.8. The maximum atomic E-state index is 13.1. The van der Waals surface area contributed by atoms with Crippen molar-refractivity contribution < 1.29 is 23.8 Å². The molecule has 7 heteroatoms. The van der Waals surface area contributed by atoms with Crippen molar-refractivity contribution >= 4 is 29.2 Å². The Hall–Kier alpha value is -2.73. The molecule has 0 saturated carbocycles. The van der Waals surface area contributed by atoms with E-state index in [0.29, 0.717) is 47.2 Å². The third kappa shape index (κ3) is 3.78. The number of nitrogens with zero attached hydrogens (tertiary/aromatic N) is 1. The van der Waals surface area contributed by atoms with Crippen LogP contribution in [-0.2, 0) is 11.2 Å². The van der Waals surface area contributed by atoms with Gasteiger partial charge in [-0.05, 0) is 48.7 Å². The molecule has 0 aliphatic carbocycles. The van der Waals surface area contributed by atoms with E-state index in [1.54, 1.807) is 35.2 Å². The number of hydrogen-bond donors (Lipinski definition) is 0. The van der Waals surface area contributed by atoms with E-state index >= 15 is 0 Å². The molecule has 0 atom stereocenters. The van der Waals surface area contributed by atoms with Gasteiger partial charge in [0, 0.05) is 17.8 Å². The van der Waals surface area contributed by atoms with E-state index in [2.05, 4.69) is 0 Å². The molecule has 1 aliphatic heterocycles. The summed E-state index contributed by atoms with van der Waals surface area (Å²) >= 11 is 6.34. The average molecular weight is 404 g/mol. The first kappa shape index (κ1) is 20.0. The van der Waals surface area contributed by atoms with Crippen molar-refractivity contribution in [1.29, 1.82) is 0 Å². The second kappa shape index (κ2) is 8.52. The molecule has 3 rings (SSSR count). The molecule has 6 nitrogen and oxygen atoms in total. The number of rotatable bonds is 6. The van der Waals surface area contributed by atoms with Crippen molar-refractivity contribution in [3.8, 4) is 11.5 Å². The third-order valence-electron chi connectivity index (χ3n) is 4.57. The van der Waals surface area contributed by atoms with Crippen LogP contribution >= 0.6 is 11.6 Å². The van der Waals surface area contributed by atoms with E-state index in [-0.39, 0.29) is 5.91 Å². The summed E-state index contributed by atoms with van der Waals surface area (Å²) in [6, 6.07) is 8.43. The molecule has 0 N–H and O–H groups in total. The first-order valence-electron chi connectivity index (χ1n) is 9.03. The third-order valence-corrected chi connectivity index (χ3v) is 4.85. The van der Waals surface area contributed by atoms with E-state index in [4.69, 9.17) is 25.8 Å². The molecule has 2 aromatic carbocycles. The van der Waals surface area contributed by atoms with Crippen LogP contribution in [0.15, 0.2) is 30.3 Å². The molecular weight excluding hydrogens is 382 g/mol. The minimum absolute atomic E-state index is 0.188. The Morgan fingerprint density at radius 3 is 2.61 bits per heavy atom. The SMILES string of the molecule is CCCOc1c(Cl)cc(C(=O)N2CCc3cc(C(=O)OC)ccc32)cc1OC. The van der Waals surface area contributed by atoms with Crippen LogP contribution in [0.5, 0.6) is 11.5 Å². The largest absolute Gasteiger partial charge is 0.493 e. The number of halogens is 1. The fraction of sp³-hybridized carbons (Fsp3) is 0.333. The fourth-order valence-corrected chi connectivity index (χ4v) is 3.47. The highest BCUT2D eigenvalue weighted by atomic mass is 35.5. The number of methoxy groups -OCH3 is 2. The lowest BCUT2D eigenvalue weighted by Gasteiger charge is -2.19. The number of carbonyl (C=O) groups is 2. The van der Waals surface area contributed by atoms with Crippen LogP contribution in [0.2, 0.25) is 5.02 Å². The lowest BCUT2D eigenvalue weighted by Crippen LogP contribution is -2.29. The van der Waals surface area contributed by atoms with Gasteiger partial charge in [0.1, 0.15) is 0 Å². The first-order valence-corrected chi connectivity index (χ1v) is 9.41. The Morgan fingerprint density at radius 2 is 1.93 bits per heavy atom. The molecule has 2 aromatic rings. The normalized spacial score (nSPS) is 12.5. The Labute approximate surface area is 168 Å². The molecular formula is C21H22ClNO5. The van der Waals surface area contributed by atoms with Crippen molar-refractivity contribution in [3.05, 3.63) is 52.0 Å². The van der Waals surface area contributed by atoms with Crippen molar-refractivity contribution in [1.82, 2.24) is 0 Å². The summed E-state index contributed by atoms with van der Waals surface area (Å²) in [4.78, 5) is 26.5. The summed E-state index contributed by atoms with van der Waals surface area (Å²) in [7, 11) is 2.86. The van der Waals surface area contributed by atoms with Crippen LogP contribution in [0.25, 0.3) is 0 Å². The van der Waals surface area contributed by atoms with Gasteiger partial charge in [-0.25, -0.2) is 4.79 Å². The molecule has 1 amide bonds. The predicted molar refractivity (Wildman–Crippen MR) is 107 cm³/mol. The van der Waals surface area contributed by atoms with Gasteiger partial charge in [-0.3, -0.25) is 4.79 Å². The van der Waals surface area contributed by atoms with E-state index < -0.39 is 5.97 Å². The second-order valence-electron chi connectivity index (χ2n) is 6.38. The molecule has 0 unspecified atom stereocenters. The summed E-state index contributed by atoms with van der Waals surface area (Å²) in [6.45, 7) is 3.02. The topological polar surface area (TPSA) is 65.1 Å². The highest BCUT2D eigenvalue weighted by molar-refractivity contribution is 6.33. The van der Waals surface area contributed by atoms with Gasteiger partial charge in [0.05, 0.1) is 31.4 Å². The van der Waals surface area contributed by atoms with Crippen LogP contribution in [0.4, 0.5) is 5.69 Å². The van der Waals surface area contributed by atoms with E-state index in [9.17, 15) is 9.59 Å². The van der Waals surface area contributed by atoms with Crippen molar-refractivity contribution in [2.45, 2.75) is 19.8 Å². The zero-order chi connectivity index (χ0) is 20.3. The van der Waals surface area contributed by atoms with Gasteiger partial charge < -0.3 is 19.1 Å². The van der Waals surface area contributed by atoms with Crippen LogP contribution in [0, 0.1) is 0 Å². The second-order valence-corrected chi connectivity index (χ2v) is 6.79. The molecule has 0 saturated heterocycles. The van der Waals surface area contributed by atoms with Crippen molar-refractivity contribution in [3.63, 3.8) is 0 Å². The zero-order valence-corrected chi connectivity index (χ0v) is 16.8. The Morgan fingerprint density at radius 1 is 1.14 bits per heavy atom. The van der Waals surface area contributed by atoms with Crippen LogP contribution in [0.1, 0.15) is 39.6 Å². The van der Waals surface area contributed by atoms with Gasteiger partial charge in [0.25, 0.3) is 5.91 Å². The maximum absolute atomic E-state index is 13.1. The monoisotopic (exact) mass is 403 g/mol. The minimum atomic E-state index is -0.397. The quantitative estimate of drug-likeness (QED) is 0.678. The highest BCUT2D eigenvalue weighted by Gasteiger charge is 2.28. The van der Waals surface area contributed by atoms with Gasteiger partial charge in [-0.15, -0.1) is 0 Å². The predicted octanol–water partition coefficient (Wildman–Crippen LogP) is 4.13. The molecule has 1 heterocycles. The molecule has 0 spiro atoms. The number of fused-ring (bicyclic) bond motifs is 1. The van der Waals surface area contributed by atoms with Crippen LogP contribution in [-0.4, -0.2) is 39.2 Å². The standard InChI is InChI=1S/C21H22ClNO5/c1-4-9-28-19-16(22)11-15(12-18(19)26-2)20(24)23-8-7-13-10-14(21(25)27-3)5-6-17(13)23/h5-6,10-12H,4,7-9H2,1-3H3. The number of carbonyl (C=O) groups excluding carboxylic acids is 2. The van der Waals surface area contributed by atoms with Gasteiger partial charge in [0.15, 0.2) is 11.5 Å². The van der Waals surface area contributed by atoms with Crippen LogP contribution in [0.3, 0.4) is 0 Å². The number of hydrogen-bond acceptors (Lipinski definition) is 5. The molecule has 0 aromatic heterocycles. The molecule has 0 bridgehead atoms. The molecule has 1 aliphatic rings. The van der Waals surface area contributed by atoms with Gasteiger partial charge in [0.2, 0.25) is 0 Å². The summed E-state index contributed by atoms with van der Waals surface area (Å²) in [5.74, 6) is 0.274. The summed E-state index contributed by atoms with van der Waals surface area (Å²) in [5.41, 5.74) is 2.59. The number of amides is 1. The van der Waals surface area contributed by atoms with E-state index in [1.165, 1.54) is 14.2 Å². The van der Waals surface area contributed by atoms with Crippen LogP contribution < -0.4 is 14.4 Å². The van der Waals surface area contributed by atoms with Crippen molar-refractivity contribution in [2.24, 2.45) is 0 Å². The zero-order valence-electron chi connectivity index (χ0n) is 16.1. The highest BCUT2D eigenvalue weighted by Crippen LogP contribution is 2.38. The number of ether oxygens (including phenoxy) is 3. The maximum Gasteiger partial charge on any atom is 0.337 e. The fourth-order valence-electron chi connectivity index (χ4n) is 3.20. The lowest BCUT2D eigenvalue weighted by atomic mass is 10.1. The molecule has 148 valence electrons. The summed E-state index contributed by atoms with van der Waals surface area (Å²) in [6.07, 6.45) is 1.49. The van der Waals surface area contributed by atoms with Crippen molar-refractivity contribution in [2.75, 3.05) is 32.3 Å². The Kier molecular flexibility index (Phi) is 6.09. The lowest BCUT2D eigenvalue weighted by molar-refractivity contribution is 0.0600. The first-order chi connectivity index (χ1) is 13.5. The number of esters is 1.